The summed E-state index contributed by atoms with van der Waals surface area (Å²) in [5, 5.41) is 0. The van der Waals surface area contributed by atoms with E-state index >= 15 is 0 Å². The number of nitrogens with zero attached hydrogens (tertiary/aromatic N) is 2. The molecule has 0 saturated carbocycles. The maximum Gasteiger partial charge on any atom is 0.123 e. The van der Waals surface area contributed by atoms with Crippen LogP contribution in [0.15, 0.2) is 42.5 Å². The van der Waals surface area contributed by atoms with Crippen LogP contribution < -0.4 is 4.74 Å². The standard InChI is InChI=1S/C26H32N2O/c1-2-6-22-19-27(13-10-21(22)5-1)18-20-8-9-25-23(15-20)16-26(29-25)11-14-28-12-4-3-7-24(28)17-26/h1-2,5-6,8-9,15,24H,3-4,7,10-14,16-19H2/t24?,26-/m0/s1. The van der Waals surface area contributed by atoms with Crippen LogP contribution in [-0.2, 0) is 25.9 Å². The minimum Gasteiger partial charge on any atom is -0.487 e. The van der Waals surface area contributed by atoms with Gasteiger partial charge in [-0.2, -0.15) is 0 Å². The molecule has 4 aliphatic heterocycles. The molecule has 2 atom stereocenters. The Balaban J connectivity index is 1.15. The van der Waals surface area contributed by atoms with Gasteiger partial charge in [-0.1, -0.05) is 42.8 Å². The molecule has 4 heterocycles. The second kappa shape index (κ2) is 7.14. The summed E-state index contributed by atoms with van der Waals surface area (Å²) in [5.41, 5.74) is 6.00. The highest BCUT2D eigenvalue weighted by Crippen LogP contribution is 2.44. The van der Waals surface area contributed by atoms with Gasteiger partial charge in [-0.05, 0) is 54.1 Å². The van der Waals surface area contributed by atoms with Gasteiger partial charge >= 0.3 is 0 Å². The summed E-state index contributed by atoms with van der Waals surface area (Å²) in [5.74, 6) is 1.15. The molecule has 0 aliphatic carbocycles. The van der Waals surface area contributed by atoms with Gasteiger partial charge < -0.3 is 9.64 Å². The molecule has 3 nitrogen and oxygen atoms in total. The largest absolute Gasteiger partial charge is 0.487 e. The number of piperidine rings is 2. The highest BCUT2D eigenvalue weighted by atomic mass is 16.5. The topological polar surface area (TPSA) is 15.7 Å². The van der Waals surface area contributed by atoms with Crippen molar-refractivity contribution in [2.24, 2.45) is 0 Å². The average molecular weight is 389 g/mol. The van der Waals surface area contributed by atoms with E-state index in [4.69, 9.17) is 4.74 Å². The zero-order valence-electron chi connectivity index (χ0n) is 17.4. The molecule has 4 aliphatic rings. The Morgan fingerprint density at radius 2 is 1.90 bits per heavy atom. The van der Waals surface area contributed by atoms with Crippen molar-refractivity contribution in [1.29, 1.82) is 0 Å². The van der Waals surface area contributed by atoms with Gasteiger partial charge in [0.15, 0.2) is 0 Å². The minimum atomic E-state index is 0.0729. The van der Waals surface area contributed by atoms with E-state index in [0.717, 1.165) is 37.8 Å². The molecule has 2 aromatic rings. The monoisotopic (exact) mass is 388 g/mol. The molecule has 0 amide bonds. The van der Waals surface area contributed by atoms with Gasteiger partial charge in [-0.3, -0.25) is 4.90 Å². The quantitative estimate of drug-likeness (QED) is 0.750. The van der Waals surface area contributed by atoms with Crippen LogP contribution in [-0.4, -0.2) is 41.1 Å². The van der Waals surface area contributed by atoms with Crippen molar-refractivity contribution in [3.05, 3.63) is 64.7 Å². The lowest BCUT2D eigenvalue weighted by Crippen LogP contribution is -2.54. The summed E-state index contributed by atoms with van der Waals surface area (Å²) in [6.07, 6.45) is 8.84. The van der Waals surface area contributed by atoms with E-state index in [2.05, 4.69) is 52.3 Å². The van der Waals surface area contributed by atoms with E-state index in [1.807, 2.05) is 0 Å². The van der Waals surface area contributed by atoms with Gasteiger partial charge in [0, 0.05) is 51.5 Å². The molecule has 0 bridgehead atoms. The van der Waals surface area contributed by atoms with Gasteiger partial charge in [0.1, 0.15) is 11.4 Å². The summed E-state index contributed by atoms with van der Waals surface area (Å²) in [6, 6.07) is 16.7. The lowest BCUT2D eigenvalue weighted by Gasteiger charge is -2.46. The Bertz CT molecular complexity index is 909. The van der Waals surface area contributed by atoms with E-state index in [1.54, 1.807) is 0 Å². The SMILES string of the molecule is c1ccc2c(c1)CCN(Cc1ccc3c(c1)C[C@]1(CCN4CCCCC4C1)O3)C2. The van der Waals surface area contributed by atoms with Crippen molar-refractivity contribution in [2.75, 3.05) is 19.6 Å². The number of hydrogen-bond donors (Lipinski definition) is 0. The first-order valence-electron chi connectivity index (χ1n) is 11.6. The van der Waals surface area contributed by atoms with E-state index in [9.17, 15) is 0 Å². The Labute approximate surface area is 174 Å². The third-order valence-corrected chi connectivity index (χ3v) is 7.79. The molecule has 3 heteroatoms. The fourth-order valence-corrected chi connectivity index (χ4v) is 6.25. The fraction of sp³-hybridized carbons (Fsp3) is 0.538. The molecule has 1 unspecified atom stereocenters. The van der Waals surface area contributed by atoms with Crippen LogP contribution in [0.25, 0.3) is 0 Å². The first-order valence-corrected chi connectivity index (χ1v) is 11.6. The Morgan fingerprint density at radius 1 is 0.966 bits per heavy atom. The minimum absolute atomic E-state index is 0.0729. The van der Waals surface area contributed by atoms with Gasteiger partial charge in [-0.15, -0.1) is 0 Å². The fourth-order valence-electron chi connectivity index (χ4n) is 6.25. The van der Waals surface area contributed by atoms with Gasteiger partial charge in [0.05, 0.1) is 0 Å². The Morgan fingerprint density at radius 3 is 2.86 bits per heavy atom. The van der Waals surface area contributed by atoms with Crippen LogP contribution >= 0.6 is 0 Å². The van der Waals surface area contributed by atoms with Crippen molar-refractivity contribution in [2.45, 2.75) is 69.7 Å². The van der Waals surface area contributed by atoms with Gasteiger partial charge in [0.2, 0.25) is 0 Å². The Kier molecular flexibility index (Phi) is 4.42. The predicted molar refractivity (Wildman–Crippen MR) is 116 cm³/mol. The summed E-state index contributed by atoms with van der Waals surface area (Å²) in [6.45, 7) is 5.80. The lowest BCUT2D eigenvalue weighted by molar-refractivity contribution is -0.0249. The molecule has 0 radical (unpaired) electrons. The van der Waals surface area contributed by atoms with Crippen LogP contribution in [0, 0.1) is 0 Å². The number of benzene rings is 2. The molecule has 2 saturated heterocycles. The average Bonchev–Trinajstić information content (AvgIpc) is 3.10. The molecular formula is C26H32N2O. The van der Waals surface area contributed by atoms with E-state index in [1.165, 1.54) is 73.9 Å². The highest BCUT2D eigenvalue weighted by molar-refractivity contribution is 5.43. The van der Waals surface area contributed by atoms with Crippen LogP contribution in [0.5, 0.6) is 5.75 Å². The van der Waals surface area contributed by atoms with Crippen molar-refractivity contribution in [1.82, 2.24) is 9.80 Å². The van der Waals surface area contributed by atoms with Crippen LogP contribution in [0.2, 0.25) is 0 Å². The second-order valence-electron chi connectivity index (χ2n) is 9.77. The van der Waals surface area contributed by atoms with E-state index < -0.39 is 0 Å². The molecule has 0 aromatic heterocycles. The van der Waals surface area contributed by atoms with Gasteiger partial charge in [-0.25, -0.2) is 0 Å². The number of fused-ring (bicyclic) bond motifs is 3. The Hall–Kier alpha value is -1.84. The highest BCUT2D eigenvalue weighted by Gasteiger charge is 2.46. The molecule has 6 rings (SSSR count). The smallest absolute Gasteiger partial charge is 0.123 e. The molecule has 0 N–H and O–H groups in total. The summed E-state index contributed by atoms with van der Waals surface area (Å²) in [7, 11) is 0. The maximum absolute atomic E-state index is 6.64. The third kappa shape index (κ3) is 3.39. The van der Waals surface area contributed by atoms with Crippen molar-refractivity contribution in [3.8, 4) is 5.75 Å². The summed E-state index contributed by atoms with van der Waals surface area (Å²) in [4.78, 5) is 5.32. The first kappa shape index (κ1) is 18.0. The van der Waals surface area contributed by atoms with Crippen molar-refractivity contribution < 1.29 is 4.74 Å². The van der Waals surface area contributed by atoms with Crippen LogP contribution in [0.3, 0.4) is 0 Å². The molecular weight excluding hydrogens is 356 g/mol. The van der Waals surface area contributed by atoms with E-state index in [-0.39, 0.29) is 5.60 Å². The molecule has 152 valence electrons. The van der Waals surface area contributed by atoms with Gasteiger partial charge in [0.25, 0.3) is 0 Å². The first-order chi connectivity index (χ1) is 14.3. The lowest BCUT2D eigenvalue weighted by atomic mass is 9.80. The van der Waals surface area contributed by atoms with Crippen LogP contribution in [0.1, 0.15) is 54.4 Å². The maximum atomic E-state index is 6.64. The molecule has 2 aromatic carbocycles. The normalized spacial score (nSPS) is 29.2. The number of ether oxygens (including phenoxy) is 1. The van der Waals surface area contributed by atoms with Crippen LogP contribution in [0.4, 0.5) is 0 Å². The third-order valence-electron chi connectivity index (χ3n) is 7.79. The zero-order valence-corrected chi connectivity index (χ0v) is 17.4. The predicted octanol–water partition coefficient (Wildman–Crippen LogP) is 4.57. The number of rotatable bonds is 2. The molecule has 29 heavy (non-hydrogen) atoms. The van der Waals surface area contributed by atoms with Crippen molar-refractivity contribution in [3.63, 3.8) is 0 Å². The van der Waals surface area contributed by atoms with Crippen molar-refractivity contribution >= 4 is 0 Å². The summed E-state index contributed by atoms with van der Waals surface area (Å²) >= 11 is 0. The summed E-state index contributed by atoms with van der Waals surface area (Å²) < 4.78 is 6.64. The molecule has 1 spiro atoms. The second-order valence-corrected chi connectivity index (χ2v) is 9.77. The van der Waals surface area contributed by atoms with E-state index in [0.29, 0.717) is 0 Å². The molecule has 2 fully saturated rings. The zero-order chi connectivity index (χ0) is 19.3. The number of hydrogen-bond acceptors (Lipinski definition) is 3.